The molecule has 0 aliphatic carbocycles. The van der Waals surface area contributed by atoms with E-state index in [1.165, 1.54) is 27.9 Å². The summed E-state index contributed by atoms with van der Waals surface area (Å²) >= 11 is 0. The van der Waals surface area contributed by atoms with Crippen LogP contribution in [0.2, 0.25) is 0 Å². The maximum atomic E-state index is 12.7. The van der Waals surface area contributed by atoms with Crippen molar-refractivity contribution in [1.29, 1.82) is 0 Å². The number of halogens is 1. The Labute approximate surface area is 201 Å². The monoisotopic (exact) mass is 459 g/mol. The van der Waals surface area contributed by atoms with Crippen molar-refractivity contribution in [2.75, 3.05) is 11.4 Å². The number of carbonyl (C=O) groups is 1. The van der Waals surface area contributed by atoms with Crippen molar-refractivity contribution in [3.8, 4) is 0 Å². The predicted octanol–water partition coefficient (Wildman–Crippen LogP) is 6.28. The van der Waals surface area contributed by atoms with Gasteiger partial charge < -0.3 is 9.47 Å². The number of benzene rings is 2. The fourth-order valence-corrected chi connectivity index (χ4v) is 4.83. The summed E-state index contributed by atoms with van der Waals surface area (Å²) in [5.74, 6) is 1.03. The van der Waals surface area contributed by atoms with Gasteiger partial charge in [0.15, 0.2) is 11.6 Å². The molecular formula is C28H30ClN3O. The lowest BCUT2D eigenvalue weighted by Crippen LogP contribution is -2.32. The summed E-state index contributed by atoms with van der Waals surface area (Å²) in [6.45, 7) is 8.75. The normalized spacial score (nSPS) is 13.0. The molecule has 0 bridgehead atoms. The van der Waals surface area contributed by atoms with Crippen LogP contribution in [0.1, 0.15) is 51.8 Å². The van der Waals surface area contributed by atoms with Gasteiger partial charge in [-0.05, 0) is 48.6 Å². The summed E-state index contributed by atoms with van der Waals surface area (Å²) < 4.78 is 2.38. The number of rotatable bonds is 5. The van der Waals surface area contributed by atoms with Crippen LogP contribution in [-0.2, 0) is 19.5 Å². The number of anilines is 1. The van der Waals surface area contributed by atoms with Crippen LogP contribution in [0.25, 0.3) is 10.9 Å². The van der Waals surface area contributed by atoms with Gasteiger partial charge in [-0.25, -0.2) is 4.98 Å². The van der Waals surface area contributed by atoms with Crippen LogP contribution in [0.5, 0.6) is 0 Å². The van der Waals surface area contributed by atoms with Gasteiger partial charge in [0, 0.05) is 37.1 Å². The minimum absolute atomic E-state index is 0. The number of pyridine rings is 1. The molecule has 0 saturated heterocycles. The zero-order chi connectivity index (χ0) is 22.2. The Bertz CT molecular complexity index is 1310. The Hall–Kier alpha value is -3.11. The second kappa shape index (κ2) is 9.40. The molecule has 0 spiro atoms. The predicted molar refractivity (Wildman–Crippen MR) is 138 cm³/mol. The van der Waals surface area contributed by atoms with Crippen molar-refractivity contribution in [3.63, 3.8) is 0 Å². The molecule has 0 saturated carbocycles. The Balaban J connectivity index is 0.00000259. The third kappa shape index (κ3) is 4.16. The first kappa shape index (κ1) is 23.1. The zero-order valence-electron chi connectivity index (χ0n) is 19.5. The third-order valence-electron chi connectivity index (χ3n) is 6.82. The van der Waals surface area contributed by atoms with E-state index in [1.54, 1.807) is 0 Å². The van der Waals surface area contributed by atoms with E-state index in [0.29, 0.717) is 12.1 Å². The van der Waals surface area contributed by atoms with Gasteiger partial charge in [-0.2, -0.15) is 0 Å². The van der Waals surface area contributed by atoms with Crippen molar-refractivity contribution < 1.29 is 4.79 Å². The standard InChI is InChI=1S/C28H29N3O.ClH/c1-4-26(32)25-16-24-19(2)20(3)31(17-21-10-6-5-7-11-21)27(24)28(29-25)30-15-14-22-12-8-9-13-23(22)18-30;/h5-13,16H,4,14-15,17-18H2,1-3H3;1H. The summed E-state index contributed by atoms with van der Waals surface area (Å²) in [5.41, 5.74) is 8.18. The number of aromatic nitrogens is 2. The molecule has 4 nitrogen and oxygen atoms in total. The van der Waals surface area contributed by atoms with E-state index in [4.69, 9.17) is 4.98 Å². The summed E-state index contributed by atoms with van der Waals surface area (Å²) in [5, 5.41) is 1.14. The van der Waals surface area contributed by atoms with E-state index < -0.39 is 0 Å². The molecule has 2 aromatic carbocycles. The first-order chi connectivity index (χ1) is 15.6. The molecule has 2 aromatic heterocycles. The second-order valence-electron chi connectivity index (χ2n) is 8.73. The number of hydrogen-bond donors (Lipinski definition) is 0. The first-order valence-corrected chi connectivity index (χ1v) is 11.5. The molecule has 4 aromatic rings. The van der Waals surface area contributed by atoms with Gasteiger partial charge in [0.1, 0.15) is 5.69 Å². The molecule has 0 radical (unpaired) electrons. The highest BCUT2D eigenvalue weighted by atomic mass is 35.5. The van der Waals surface area contributed by atoms with E-state index in [1.807, 2.05) is 13.0 Å². The lowest BCUT2D eigenvalue weighted by atomic mass is 9.99. The van der Waals surface area contributed by atoms with E-state index in [-0.39, 0.29) is 18.2 Å². The van der Waals surface area contributed by atoms with Crippen molar-refractivity contribution in [2.45, 2.75) is 46.7 Å². The smallest absolute Gasteiger partial charge is 0.181 e. The lowest BCUT2D eigenvalue weighted by Gasteiger charge is -2.31. The number of ketones is 1. The van der Waals surface area contributed by atoms with Gasteiger partial charge in [0.2, 0.25) is 0 Å². The zero-order valence-corrected chi connectivity index (χ0v) is 20.3. The Morgan fingerprint density at radius 3 is 2.42 bits per heavy atom. The summed E-state index contributed by atoms with van der Waals surface area (Å²) in [4.78, 5) is 20.0. The van der Waals surface area contributed by atoms with E-state index in [2.05, 4.69) is 77.9 Å². The van der Waals surface area contributed by atoms with Crippen LogP contribution in [0, 0.1) is 13.8 Å². The molecule has 0 amide bonds. The molecule has 170 valence electrons. The summed E-state index contributed by atoms with van der Waals surface area (Å²) in [6.07, 6.45) is 1.45. The minimum atomic E-state index is 0. The molecule has 0 fully saturated rings. The molecular weight excluding hydrogens is 430 g/mol. The average Bonchev–Trinajstić information content (AvgIpc) is 3.08. The number of fused-ring (bicyclic) bond motifs is 2. The highest BCUT2D eigenvalue weighted by Crippen LogP contribution is 2.35. The van der Waals surface area contributed by atoms with Crippen molar-refractivity contribution in [1.82, 2.24) is 9.55 Å². The number of Topliss-reactive ketones (excluding diaryl/α,β-unsaturated/α-hetero) is 1. The van der Waals surface area contributed by atoms with Gasteiger partial charge in [0.25, 0.3) is 0 Å². The number of nitrogens with zero attached hydrogens (tertiary/aromatic N) is 3. The van der Waals surface area contributed by atoms with Crippen LogP contribution in [0.4, 0.5) is 5.82 Å². The van der Waals surface area contributed by atoms with Gasteiger partial charge >= 0.3 is 0 Å². The number of aryl methyl sites for hydroxylation is 1. The van der Waals surface area contributed by atoms with Crippen LogP contribution in [0.15, 0.2) is 60.7 Å². The molecule has 33 heavy (non-hydrogen) atoms. The third-order valence-corrected chi connectivity index (χ3v) is 6.82. The molecule has 5 rings (SSSR count). The summed E-state index contributed by atoms with van der Waals surface area (Å²) in [7, 11) is 0. The molecule has 5 heteroatoms. The molecule has 1 aliphatic heterocycles. The quantitative estimate of drug-likeness (QED) is 0.330. The maximum Gasteiger partial charge on any atom is 0.181 e. The van der Waals surface area contributed by atoms with E-state index in [9.17, 15) is 4.79 Å². The van der Waals surface area contributed by atoms with Crippen LogP contribution >= 0.6 is 12.4 Å². The fourth-order valence-electron chi connectivity index (χ4n) is 4.83. The van der Waals surface area contributed by atoms with Crippen LogP contribution < -0.4 is 4.90 Å². The summed E-state index contributed by atoms with van der Waals surface area (Å²) in [6, 6.07) is 21.2. The van der Waals surface area contributed by atoms with Crippen molar-refractivity contribution in [2.24, 2.45) is 0 Å². The first-order valence-electron chi connectivity index (χ1n) is 11.5. The van der Waals surface area contributed by atoms with Crippen molar-refractivity contribution >= 4 is 34.9 Å². The molecule has 0 atom stereocenters. The van der Waals surface area contributed by atoms with E-state index in [0.717, 1.165) is 42.8 Å². The SMILES string of the molecule is CCC(=O)c1cc2c(C)c(C)n(Cc3ccccc3)c2c(N2CCc3ccccc3C2)n1.Cl. The van der Waals surface area contributed by atoms with Crippen LogP contribution in [0.3, 0.4) is 0 Å². The molecule has 0 unspecified atom stereocenters. The highest BCUT2D eigenvalue weighted by Gasteiger charge is 2.25. The van der Waals surface area contributed by atoms with Crippen molar-refractivity contribution in [3.05, 3.63) is 94.3 Å². The Kier molecular flexibility index (Phi) is 6.57. The molecule has 1 aliphatic rings. The minimum Gasteiger partial charge on any atom is -0.350 e. The van der Waals surface area contributed by atoms with Gasteiger partial charge in [-0.3, -0.25) is 4.79 Å². The second-order valence-corrected chi connectivity index (χ2v) is 8.73. The molecule has 0 N–H and O–H groups in total. The van der Waals surface area contributed by atoms with Gasteiger partial charge in [-0.15, -0.1) is 12.4 Å². The molecule has 3 heterocycles. The maximum absolute atomic E-state index is 12.7. The van der Waals surface area contributed by atoms with E-state index >= 15 is 0 Å². The average molecular weight is 460 g/mol. The van der Waals surface area contributed by atoms with Gasteiger partial charge in [-0.1, -0.05) is 61.5 Å². The van der Waals surface area contributed by atoms with Gasteiger partial charge in [0.05, 0.1) is 5.52 Å². The number of hydrogen-bond acceptors (Lipinski definition) is 3. The fraction of sp³-hybridized carbons (Fsp3) is 0.286. The topological polar surface area (TPSA) is 38.1 Å². The Morgan fingerprint density at radius 1 is 1.00 bits per heavy atom. The lowest BCUT2D eigenvalue weighted by molar-refractivity contribution is 0.0983. The highest BCUT2D eigenvalue weighted by molar-refractivity contribution is 6.02. The Morgan fingerprint density at radius 2 is 1.70 bits per heavy atom. The largest absolute Gasteiger partial charge is 0.350 e. The number of carbonyl (C=O) groups excluding carboxylic acids is 1. The van der Waals surface area contributed by atoms with Crippen LogP contribution in [-0.4, -0.2) is 21.9 Å².